The van der Waals surface area contributed by atoms with Gasteiger partial charge in [0, 0.05) is 18.9 Å². The first-order valence-electron chi connectivity index (χ1n) is 5.38. The van der Waals surface area contributed by atoms with Crippen LogP contribution in [0.25, 0.3) is 0 Å². The van der Waals surface area contributed by atoms with Crippen LogP contribution in [0.4, 0.5) is 0 Å². The van der Waals surface area contributed by atoms with E-state index in [2.05, 4.69) is 20.6 Å². The lowest BCUT2D eigenvalue weighted by molar-refractivity contribution is -0.129. The summed E-state index contributed by atoms with van der Waals surface area (Å²) in [6.45, 7) is 3.67. The van der Waals surface area contributed by atoms with Gasteiger partial charge in [-0.25, -0.2) is 4.98 Å². The number of carbonyl (C=O) groups excluding carboxylic acids is 1. The van der Waals surface area contributed by atoms with E-state index in [1.54, 1.807) is 12.4 Å². The van der Waals surface area contributed by atoms with E-state index in [0.717, 1.165) is 5.82 Å². The van der Waals surface area contributed by atoms with Crippen molar-refractivity contribution < 1.29 is 9.53 Å². The van der Waals surface area contributed by atoms with Crippen LogP contribution in [0.15, 0.2) is 12.4 Å². The molecule has 0 aromatic carbocycles. The molecule has 0 radical (unpaired) electrons. The maximum atomic E-state index is 11.8. The second-order valence-electron chi connectivity index (χ2n) is 3.76. The smallest absolute Gasteiger partial charge is 0.240 e. The van der Waals surface area contributed by atoms with Crippen molar-refractivity contribution in [1.82, 2.24) is 20.6 Å². The van der Waals surface area contributed by atoms with Gasteiger partial charge in [0.15, 0.2) is 0 Å². The molecule has 1 aromatic heterocycles. The lowest BCUT2D eigenvalue weighted by Gasteiger charge is -2.29. The van der Waals surface area contributed by atoms with Crippen molar-refractivity contribution >= 4 is 5.91 Å². The average Bonchev–Trinajstić information content (AvgIpc) is 2.79. The summed E-state index contributed by atoms with van der Waals surface area (Å²) >= 11 is 0. The van der Waals surface area contributed by atoms with Crippen molar-refractivity contribution in [3.8, 4) is 0 Å². The highest BCUT2D eigenvalue weighted by atomic mass is 16.5. The molecule has 1 aromatic rings. The minimum atomic E-state index is -0.274. The molecule has 1 amide bonds. The number of ether oxygens (including phenoxy) is 1. The maximum Gasteiger partial charge on any atom is 0.240 e. The van der Waals surface area contributed by atoms with Crippen LogP contribution in [0.5, 0.6) is 0 Å². The van der Waals surface area contributed by atoms with Crippen LogP contribution < -0.4 is 10.6 Å². The van der Waals surface area contributed by atoms with E-state index in [1.807, 2.05) is 6.92 Å². The van der Waals surface area contributed by atoms with Crippen LogP contribution in [-0.2, 0) is 16.1 Å². The zero-order chi connectivity index (χ0) is 11.4. The second kappa shape index (κ2) is 5.09. The average molecular weight is 224 g/mol. The van der Waals surface area contributed by atoms with Crippen molar-refractivity contribution in [2.75, 3.05) is 13.2 Å². The predicted octanol–water partition coefficient (Wildman–Crippen LogP) is -0.597. The summed E-state index contributed by atoms with van der Waals surface area (Å²) in [4.78, 5) is 18.8. The molecule has 0 aliphatic carbocycles. The fourth-order valence-electron chi connectivity index (χ4n) is 1.70. The van der Waals surface area contributed by atoms with Crippen LogP contribution in [0, 0.1) is 0 Å². The Balaban J connectivity index is 1.83. The Morgan fingerprint density at radius 3 is 3.31 bits per heavy atom. The molecule has 1 aliphatic heterocycles. The van der Waals surface area contributed by atoms with Crippen LogP contribution >= 0.6 is 0 Å². The Kier molecular flexibility index (Phi) is 3.53. The van der Waals surface area contributed by atoms with Crippen LogP contribution in [0.1, 0.15) is 12.7 Å². The largest absolute Gasteiger partial charge is 0.375 e. The van der Waals surface area contributed by atoms with Crippen LogP contribution in [0.3, 0.4) is 0 Å². The van der Waals surface area contributed by atoms with Crippen molar-refractivity contribution in [2.45, 2.75) is 25.6 Å². The number of aromatic amines is 1. The Morgan fingerprint density at radius 2 is 2.62 bits per heavy atom. The van der Waals surface area contributed by atoms with Gasteiger partial charge in [-0.05, 0) is 6.92 Å². The third-order valence-electron chi connectivity index (χ3n) is 2.58. The zero-order valence-electron chi connectivity index (χ0n) is 9.19. The van der Waals surface area contributed by atoms with Gasteiger partial charge in [-0.3, -0.25) is 4.79 Å². The van der Waals surface area contributed by atoms with Gasteiger partial charge in [-0.15, -0.1) is 0 Å². The number of H-pyrrole nitrogens is 1. The molecule has 1 fully saturated rings. The van der Waals surface area contributed by atoms with E-state index in [4.69, 9.17) is 4.74 Å². The van der Waals surface area contributed by atoms with E-state index in [1.165, 1.54) is 0 Å². The Hall–Kier alpha value is -1.40. The molecule has 2 atom stereocenters. The van der Waals surface area contributed by atoms with Gasteiger partial charge in [0.1, 0.15) is 11.9 Å². The quantitative estimate of drug-likeness (QED) is 0.641. The van der Waals surface area contributed by atoms with E-state index >= 15 is 0 Å². The van der Waals surface area contributed by atoms with Crippen molar-refractivity contribution in [3.63, 3.8) is 0 Å². The van der Waals surface area contributed by atoms with Crippen LogP contribution in [0.2, 0.25) is 0 Å². The summed E-state index contributed by atoms with van der Waals surface area (Å²) in [6.07, 6.45) is 3.29. The number of aromatic nitrogens is 2. The minimum Gasteiger partial charge on any atom is -0.375 e. The molecule has 6 nitrogen and oxygen atoms in total. The molecule has 0 unspecified atom stereocenters. The normalized spacial score (nSPS) is 25.3. The summed E-state index contributed by atoms with van der Waals surface area (Å²) < 4.78 is 5.40. The molecule has 2 rings (SSSR count). The van der Waals surface area contributed by atoms with Crippen LogP contribution in [-0.4, -0.2) is 41.2 Å². The Morgan fingerprint density at radius 1 is 1.75 bits per heavy atom. The van der Waals surface area contributed by atoms with Gasteiger partial charge in [-0.2, -0.15) is 0 Å². The third kappa shape index (κ3) is 2.59. The number of morpholine rings is 1. The fraction of sp³-hybridized carbons (Fsp3) is 0.600. The number of carbonyl (C=O) groups is 1. The second-order valence-corrected chi connectivity index (χ2v) is 3.76. The highest BCUT2D eigenvalue weighted by Crippen LogP contribution is 2.04. The molecule has 2 heterocycles. The first kappa shape index (κ1) is 11.1. The number of nitrogens with one attached hydrogen (secondary N) is 3. The molecular formula is C10H16N4O2. The number of imidazole rings is 1. The lowest BCUT2D eigenvalue weighted by Crippen LogP contribution is -2.55. The fourth-order valence-corrected chi connectivity index (χ4v) is 1.70. The molecule has 1 aliphatic rings. The summed E-state index contributed by atoms with van der Waals surface area (Å²) in [5, 5.41) is 5.94. The van der Waals surface area contributed by atoms with Gasteiger partial charge in [0.2, 0.25) is 5.91 Å². The van der Waals surface area contributed by atoms with Gasteiger partial charge in [-0.1, -0.05) is 0 Å². The topological polar surface area (TPSA) is 79.0 Å². The molecule has 3 N–H and O–H groups in total. The van der Waals surface area contributed by atoms with Gasteiger partial charge in [0.05, 0.1) is 19.3 Å². The lowest BCUT2D eigenvalue weighted by atomic mass is 10.1. The number of rotatable bonds is 3. The SMILES string of the molecule is C[C@H]1OCCN[C@@H]1C(=O)NCc1ncc[nH]1. The molecular weight excluding hydrogens is 208 g/mol. The zero-order valence-corrected chi connectivity index (χ0v) is 9.19. The Bertz CT molecular complexity index is 339. The van der Waals surface area contributed by atoms with E-state index in [9.17, 15) is 4.79 Å². The van der Waals surface area contributed by atoms with Gasteiger partial charge < -0.3 is 20.4 Å². The first-order valence-corrected chi connectivity index (χ1v) is 5.38. The summed E-state index contributed by atoms with van der Waals surface area (Å²) in [5.74, 6) is 0.696. The molecule has 88 valence electrons. The monoisotopic (exact) mass is 224 g/mol. The number of nitrogens with zero attached hydrogens (tertiary/aromatic N) is 1. The number of hydrogen-bond acceptors (Lipinski definition) is 4. The number of hydrogen-bond donors (Lipinski definition) is 3. The van der Waals surface area contributed by atoms with Gasteiger partial charge >= 0.3 is 0 Å². The Labute approximate surface area is 93.8 Å². The minimum absolute atomic E-state index is 0.0522. The van der Waals surface area contributed by atoms with Crippen molar-refractivity contribution in [3.05, 3.63) is 18.2 Å². The predicted molar refractivity (Wildman–Crippen MR) is 57.6 cm³/mol. The van der Waals surface area contributed by atoms with E-state index in [-0.39, 0.29) is 18.1 Å². The molecule has 16 heavy (non-hydrogen) atoms. The molecule has 0 bridgehead atoms. The summed E-state index contributed by atoms with van der Waals surface area (Å²) in [5.41, 5.74) is 0. The van der Waals surface area contributed by atoms with E-state index in [0.29, 0.717) is 19.7 Å². The van der Waals surface area contributed by atoms with Gasteiger partial charge in [0.25, 0.3) is 0 Å². The van der Waals surface area contributed by atoms with E-state index < -0.39 is 0 Å². The number of amides is 1. The molecule has 0 saturated carbocycles. The standard InChI is InChI=1S/C10H16N4O2/c1-7-9(13-4-5-16-7)10(15)14-6-8-11-2-3-12-8/h2-3,7,9,13H,4-6H2,1H3,(H,11,12)(H,14,15)/t7-,9+/m1/s1. The first-order chi connectivity index (χ1) is 7.77. The van der Waals surface area contributed by atoms with Crippen molar-refractivity contribution in [1.29, 1.82) is 0 Å². The molecule has 6 heteroatoms. The third-order valence-corrected chi connectivity index (χ3v) is 2.58. The summed E-state index contributed by atoms with van der Waals surface area (Å²) in [7, 11) is 0. The summed E-state index contributed by atoms with van der Waals surface area (Å²) in [6, 6.07) is -0.274. The highest BCUT2D eigenvalue weighted by Gasteiger charge is 2.27. The van der Waals surface area contributed by atoms with Crippen molar-refractivity contribution in [2.24, 2.45) is 0 Å². The maximum absolute atomic E-state index is 11.8. The highest BCUT2D eigenvalue weighted by molar-refractivity contribution is 5.82. The molecule has 1 saturated heterocycles. The molecule has 0 spiro atoms.